The number of amides is 1. The largest absolute Gasteiger partial charge is 0.478 e. The summed E-state index contributed by atoms with van der Waals surface area (Å²) in [4.78, 5) is 36.1. The Bertz CT molecular complexity index is 902. The number of nitrogens with zero attached hydrogens (tertiary/aromatic N) is 4. The van der Waals surface area contributed by atoms with E-state index in [1.165, 1.54) is 10.9 Å². The Morgan fingerprint density at radius 2 is 2.04 bits per heavy atom. The number of rotatable bonds is 4. The van der Waals surface area contributed by atoms with Crippen molar-refractivity contribution in [1.82, 2.24) is 14.7 Å². The first-order chi connectivity index (χ1) is 12.2. The normalized spacial score (nSPS) is 14.0. The maximum absolute atomic E-state index is 13.0. The molecule has 136 valence electrons. The maximum Gasteiger partial charge on any atom is 0.335 e. The molecule has 1 aromatic carbocycles. The van der Waals surface area contributed by atoms with Crippen molar-refractivity contribution >= 4 is 17.6 Å². The smallest absolute Gasteiger partial charge is 0.335 e. The molecule has 1 aromatic heterocycles. The van der Waals surface area contributed by atoms with Crippen molar-refractivity contribution in [1.29, 1.82) is 0 Å². The number of hydrogen-bond donors (Lipinski definition) is 1. The molecule has 0 radical (unpaired) electrons. The van der Waals surface area contributed by atoms with Gasteiger partial charge in [0.25, 0.3) is 0 Å². The van der Waals surface area contributed by atoms with Crippen LogP contribution in [0.25, 0.3) is 0 Å². The molecular weight excluding hydrogens is 340 g/mol. The van der Waals surface area contributed by atoms with Gasteiger partial charge < -0.3 is 10.0 Å². The maximum atomic E-state index is 13.0. The average Bonchev–Trinajstić information content (AvgIpc) is 3.11. The lowest BCUT2D eigenvalue weighted by Gasteiger charge is -2.35. The molecule has 0 unspecified atom stereocenters. The highest BCUT2D eigenvalue weighted by molar-refractivity contribution is 5.88. The zero-order chi connectivity index (χ0) is 19.1. The van der Waals surface area contributed by atoms with Gasteiger partial charge in [-0.2, -0.15) is 5.10 Å². The fraction of sp³-hybridized carbons (Fsp3) is 0.353. The predicted molar refractivity (Wildman–Crippen MR) is 90.7 cm³/mol. The molecule has 2 heterocycles. The van der Waals surface area contributed by atoms with E-state index in [4.69, 9.17) is 5.11 Å². The summed E-state index contributed by atoms with van der Waals surface area (Å²) in [7, 11) is 0. The SMILES string of the molecule is CC(C)(C(=O)N1CCc2ccc(C(=O)O)cc2C1)n1cc([N+](=O)[O-])cn1. The van der Waals surface area contributed by atoms with Gasteiger partial charge in [0, 0.05) is 13.1 Å². The second-order valence-corrected chi connectivity index (χ2v) is 6.72. The first-order valence-electron chi connectivity index (χ1n) is 8.04. The van der Waals surface area contributed by atoms with E-state index < -0.39 is 16.4 Å². The Morgan fingerprint density at radius 3 is 2.65 bits per heavy atom. The summed E-state index contributed by atoms with van der Waals surface area (Å²) in [6.45, 7) is 4.08. The number of aromatic carboxylic acids is 1. The van der Waals surface area contributed by atoms with Gasteiger partial charge in [-0.05, 0) is 43.5 Å². The Morgan fingerprint density at radius 1 is 1.31 bits per heavy atom. The van der Waals surface area contributed by atoms with Gasteiger partial charge in [0.1, 0.15) is 17.9 Å². The topological polar surface area (TPSA) is 119 Å². The Labute approximate surface area is 149 Å². The molecule has 9 nitrogen and oxygen atoms in total. The van der Waals surface area contributed by atoms with Crippen LogP contribution in [0.15, 0.2) is 30.6 Å². The monoisotopic (exact) mass is 358 g/mol. The zero-order valence-electron chi connectivity index (χ0n) is 14.4. The van der Waals surface area contributed by atoms with Crippen molar-refractivity contribution in [2.75, 3.05) is 6.54 Å². The third kappa shape index (κ3) is 3.03. The lowest BCUT2D eigenvalue weighted by molar-refractivity contribution is -0.385. The van der Waals surface area contributed by atoms with Crippen molar-refractivity contribution in [3.63, 3.8) is 0 Å². The lowest BCUT2D eigenvalue weighted by Crippen LogP contribution is -2.48. The number of nitro groups is 1. The number of carbonyl (C=O) groups is 2. The minimum Gasteiger partial charge on any atom is -0.478 e. The van der Waals surface area contributed by atoms with E-state index in [1.807, 2.05) is 0 Å². The lowest BCUT2D eigenvalue weighted by atomic mass is 9.95. The molecule has 1 aliphatic heterocycles. The molecule has 1 aliphatic rings. The summed E-state index contributed by atoms with van der Waals surface area (Å²) >= 11 is 0. The van der Waals surface area contributed by atoms with Gasteiger partial charge in [0.2, 0.25) is 5.91 Å². The van der Waals surface area contributed by atoms with Crippen LogP contribution in [0.2, 0.25) is 0 Å². The highest BCUT2D eigenvalue weighted by Gasteiger charge is 2.37. The minimum absolute atomic E-state index is 0.180. The van der Waals surface area contributed by atoms with Gasteiger partial charge >= 0.3 is 11.7 Å². The number of hydrogen-bond acceptors (Lipinski definition) is 5. The number of benzene rings is 1. The Kier molecular flexibility index (Phi) is 4.23. The van der Waals surface area contributed by atoms with Crippen LogP contribution < -0.4 is 0 Å². The second-order valence-electron chi connectivity index (χ2n) is 6.72. The van der Waals surface area contributed by atoms with Gasteiger partial charge in [-0.1, -0.05) is 6.07 Å². The molecule has 0 spiro atoms. The first kappa shape index (κ1) is 17.6. The van der Waals surface area contributed by atoms with Gasteiger partial charge in [0.15, 0.2) is 0 Å². The van der Waals surface area contributed by atoms with Crippen LogP contribution in [0, 0.1) is 10.1 Å². The quantitative estimate of drug-likeness (QED) is 0.658. The van der Waals surface area contributed by atoms with Gasteiger partial charge in [-0.3, -0.25) is 19.6 Å². The molecule has 0 aliphatic carbocycles. The van der Waals surface area contributed by atoms with Crippen molar-refractivity contribution in [3.05, 3.63) is 57.4 Å². The van der Waals surface area contributed by atoms with Crippen molar-refractivity contribution in [3.8, 4) is 0 Å². The first-order valence-corrected chi connectivity index (χ1v) is 8.04. The molecule has 26 heavy (non-hydrogen) atoms. The van der Waals surface area contributed by atoms with Crippen LogP contribution in [0.1, 0.15) is 35.3 Å². The number of carboxylic acids is 1. The van der Waals surface area contributed by atoms with E-state index in [-0.39, 0.29) is 17.2 Å². The van der Waals surface area contributed by atoms with Crippen LogP contribution in [0.3, 0.4) is 0 Å². The number of carboxylic acid groups (broad SMARTS) is 1. The molecule has 1 amide bonds. The molecule has 0 bridgehead atoms. The second kappa shape index (κ2) is 6.25. The third-order valence-corrected chi connectivity index (χ3v) is 4.63. The summed E-state index contributed by atoms with van der Waals surface area (Å²) in [6.07, 6.45) is 2.97. The van der Waals surface area contributed by atoms with Gasteiger partial charge in [-0.25, -0.2) is 4.79 Å². The fourth-order valence-corrected chi connectivity index (χ4v) is 3.06. The van der Waals surface area contributed by atoms with Crippen LogP contribution in [-0.4, -0.2) is 43.1 Å². The van der Waals surface area contributed by atoms with Crippen LogP contribution >= 0.6 is 0 Å². The zero-order valence-corrected chi connectivity index (χ0v) is 14.4. The summed E-state index contributed by atoms with van der Waals surface area (Å²) < 4.78 is 1.29. The third-order valence-electron chi connectivity index (χ3n) is 4.63. The van der Waals surface area contributed by atoms with Crippen molar-refractivity contribution < 1.29 is 19.6 Å². The van der Waals surface area contributed by atoms with E-state index in [9.17, 15) is 19.7 Å². The molecule has 2 aromatic rings. The molecule has 9 heteroatoms. The number of fused-ring (bicyclic) bond motifs is 1. The van der Waals surface area contributed by atoms with Crippen LogP contribution in [0.4, 0.5) is 5.69 Å². The Hall–Kier alpha value is -3.23. The van der Waals surface area contributed by atoms with Crippen molar-refractivity contribution in [2.45, 2.75) is 32.4 Å². The molecule has 3 rings (SSSR count). The van der Waals surface area contributed by atoms with E-state index in [1.54, 1.807) is 36.9 Å². The highest BCUT2D eigenvalue weighted by Crippen LogP contribution is 2.26. The van der Waals surface area contributed by atoms with Gasteiger partial charge in [0.05, 0.1) is 10.5 Å². The standard InChI is InChI=1S/C17H18N4O5/c1-17(2,20-10-14(8-18-20)21(25)26)16(24)19-6-5-11-3-4-12(15(22)23)7-13(11)9-19/h3-4,7-8,10H,5-6,9H2,1-2H3,(H,22,23). The molecule has 0 atom stereocenters. The molecule has 0 saturated carbocycles. The summed E-state index contributed by atoms with van der Waals surface area (Å²) in [5, 5.41) is 23.9. The minimum atomic E-state index is -1.10. The summed E-state index contributed by atoms with van der Waals surface area (Å²) in [6, 6.07) is 4.93. The van der Waals surface area contributed by atoms with Gasteiger partial charge in [-0.15, -0.1) is 0 Å². The summed E-state index contributed by atoms with van der Waals surface area (Å²) in [5.74, 6) is -1.25. The van der Waals surface area contributed by atoms with E-state index in [0.29, 0.717) is 19.5 Å². The fourth-order valence-electron chi connectivity index (χ4n) is 3.06. The van der Waals surface area contributed by atoms with E-state index in [2.05, 4.69) is 5.10 Å². The van der Waals surface area contributed by atoms with E-state index in [0.717, 1.165) is 17.3 Å². The summed E-state index contributed by atoms with van der Waals surface area (Å²) in [5.41, 5.74) is 0.718. The van der Waals surface area contributed by atoms with Crippen molar-refractivity contribution in [2.24, 2.45) is 0 Å². The number of aromatic nitrogens is 2. The average molecular weight is 358 g/mol. The van der Waals surface area contributed by atoms with E-state index >= 15 is 0 Å². The molecule has 0 saturated heterocycles. The molecule has 1 N–H and O–H groups in total. The molecular formula is C17H18N4O5. The van der Waals surface area contributed by atoms with Crippen LogP contribution in [0.5, 0.6) is 0 Å². The highest BCUT2D eigenvalue weighted by atomic mass is 16.6. The Balaban J connectivity index is 1.84. The molecule has 0 fully saturated rings. The van der Waals surface area contributed by atoms with Crippen LogP contribution in [-0.2, 0) is 23.3 Å². The number of carbonyl (C=O) groups excluding carboxylic acids is 1. The predicted octanol–water partition coefficient (Wildman–Crippen LogP) is 1.81.